The lowest BCUT2D eigenvalue weighted by Gasteiger charge is -2.30. The fourth-order valence-electron chi connectivity index (χ4n) is 3.89. The van der Waals surface area contributed by atoms with Crippen molar-refractivity contribution in [1.29, 1.82) is 0 Å². The first-order valence-electron chi connectivity index (χ1n) is 12.3. The average Bonchev–Trinajstić information content (AvgIpc) is 3.37. The number of carbonyl (C=O) groups is 2. The normalized spacial score (nSPS) is 14.3. The van der Waals surface area contributed by atoms with Gasteiger partial charge in [-0.3, -0.25) is 9.88 Å². The van der Waals surface area contributed by atoms with Crippen LogP contribution in [-0.4, -0.2) is 77.3 Å². The molecule has 1 aliphatic rings. The smallest absolute Gasteiger partial charge is 0.475 e. The number of hydrogen-bond acceptors (Lipinski definition) is 7. The molecule has 1 aliphatic heterocycles. The van der Waals surface area contributed by atoms with Crippen molar-refractivity contribution in [2.45, 2.75) is 37.7 Å². The van der Waals surface area contributed by atoms with Crippen LogP contribution in [0.4, 0.5) is 26.3 Å². The second kappa shape index (κ2) is 13.8. The predicted molar refractivity (Wildman–Crippen MR) is 135 cm³/mol. The first-order valence-corrected chi connectivity index (χ1v) is 12.3. The van der Waals surface area contributed by atoms with E-state index in [-0.39, 0.29) is 0 Å². The monoisotopic (exact) mass is 598 g/mol. The number of rotatable bonds is 4. The first-order chi connectivity index (χ1) is 19.8. The number of fused-ring (bicyclic) bond motifs is 1. The second-order valence-corrected chi connectivity index (χ2v) is 8.89. The highest BCUT2D eigenvalue weighted by Crippen LogP contribution is 2.28. The van der Waals surface area contributed by atoms with Gasteiger partial charge in [0.15, 0.2) is 11.5 Å². The number of piperidine rings is 1. The van der Waals surface area contributed by atoms with Gasteiger partial charge in [-0.2, -0.15) is 36.0 Å². The Morgan fingerprint density at radius 2 is 1.38 bits per heavy atom. The van der Waals surface area contributed by atoms with Gasteiger partial charge in [-0.25, -0.2) is 9.59 Å². The van der Waals surface area contributed by atoms with Crippen LogP contribution >= 0.6 is 0 Å². The molecule has 10 nitrogen and oxygen atoms in total. The van der Waals surface area contributed by atoms with Gasteiger partial charge in [0.05, 0.1) is 11.4 Å². The number of aromatic nitrogens is 5. The van der Waals surface area contributed by atoms with E-state index in [1.807, 2.05) is 53.2 Å². The van der Waals surface area contributed by atoms with Crippen molar-refractivity contribution in [3.63, 3.8) is 0 Å². The molecule has 0 amide bonds. The zero-order chi connectivity index (χ0) is 30.9. The summed E-state index contributed by atoms with van der Waals surface area (Å²) in [6.45, 7) is 2.98. The molecule has 4 heterocycles. The van der Waals surface area contributed by atoms with Crippen molar-refractivity contribution in [2.24, 2.45) is 0 Å². The third-order valence-electron chi connectivity index (χ3n) is 5.91. The number of benzene rings is 1. The number of aliphatic carboxylic acids is 2. The Bertz CT molecular complexity index is 1430. The summed E-state index contributed by atoms with van der Waals surface area (Å²) < 4.78 is 65.4. The zero-order valence-electron chi connectivity index (χ0n) is 21.6. The Morgan fingerprint density at radius 1 is 0.810 bits per heavy atom. The van der Waals surface area contributed by atoms with Crippen LogP contribution in [0.3, 0.4) is 0 Å². The number of hydrogen-bond donors (Lipinski definition) is 2. The van der Waals surface area contributed by atoms with Gasteiger partial charge in [0.25, 0.3) is 0 Å². The molecular weight excluding hydrogens is 574 g/mol. The summed E-state index contributed by atoms with van der Waals surface area (Å²) in [5.74, 6) is -4.15. The van der Waals surface area contributed by atoms with Crippen LogP contribution in [0.1, 0.15) is 30.3 Å². The maximum atomic E-state index is 10.6. The predicted octanol–water partition coefficient (Wildman–Crippen LogP) is 4.83. The third kappa shape index (κ3) is 9.22. The van der Waals surface area contributed by atoms with Crippen LogP contribution in [0.2, 0.25) is 0 Å². The van der Waals surface area contributed by atoms with Crippen LogP contribution in [0.5, 0.6) is 0 Å². The minimum absolute atomic E-state index is 0.383. The van der Waals surface area contributed by atoms with Crippen LogP contribution in [-0.2, 0) is 16.1 Å². The molecule has 4 aromatic rings. The summed E-state index contributed by atoms with van der Waals surface area (Å²) in [7, 11) is 0. The summed E-state index contributed by atoms with van der Waals surface area (Å²) in [4.78, 5) is 24.7. The van der Waals surface area contributed by atoms with Crippen molar-refractivity contribution >= 4 is 17.6 Å². The van der Waals surface area contributed by atoms with Gasteiger partial charge >= 0.3 is 24.3 Å². The molecule has 0 bridgehead atoms. The third-order valence-corrected chi connectivity index (χ3v) is 5.91. The van der Waals surface area contributed by atoms with Crippen LogP contribution < -0.4 is 0 Å². The topological polar surface area (TPSA) is 134 Å². The van der Waals surface area contributed by atoms with Crippen LogP contribution in [0, 0.1) is 0 Å². The molecule has 42 heavy (non-hydrogen) atoms. The van der Waals surface area contributed by atoms with Gasteiger partial charge in [0.2, 0.25) is 0 Å². The summed E-state index contributed by atoms with van der Waals surface area (Å²) in [5, 5.41) is 27.9. The molecule has 2 N–H and O–H groups in total. The minimum Gasteiger partial charge on any atom is -0.475 e. The fourth-order valence-corrected chi connectivity index (χ4v) is 3.89. The van der Waals surface area contributed by atoms with Crippen molar-refractivity contribution in [2.75, 3.05) is 13.1 Å². The maximum absolute atomic E-state index is 10.6. The lowest BCUT2D eigenvalue weighted by Crippen LogP contribution is -2.33. The van der Waals surface area contributed by atoms with Crippen molar-refractivity contribution in [3.8, 4) is 11.3 Å². The quantitative estimate of drug-likeness (QED) is 0.317. The van der Waals surface area contributed by atoms with E-state index >= 15 is 0 Å². The Morgan fingerprint density at radius 3 is 1.90 bits per heavy atom. The van der Waals surface area contributed by atoms with E-state index in [2.05, 4.69) is 38.3 Å². The molecule has 1 fully saturated rings. The number of pyridine rings is 1. The van der Waals surface area contributed by atoms with E-state index in [0.717, 1.165) is 60.9 Å². The van der Waals surface area contributed by atoms with Crippen molar-refractivity contribution in [1.82, 2.24) is 29.7 Å². The van der Waals surface area contributed by atoms with E-state index in [9.17, 15) is 26.3 Å². The standard InChI is InChI=1S/C22H22N6.2C2HF3O2/c1-2-6-17(7-3-1)20-9-10-21-24-25-22(28(21)26-20)18-11-14-27(15-12-18)16-19-8-4-5-13-23-19;2*3-2(4,5)1(6)7/h1-10,13,18H,11-12,14-16H2;2*(H,6,7). The van der Waals surface area contributed by atoms with Crippen molar-refractivity contribution in [3.05, 3.63) is 78.4 Å². The van der Waals surface area contributed by atoms with E-state index in [1.165, 1.54) is 0 Å². The number of nitrogens with zero attached hydrogens (tertiary/aromatic N) is 6. The van der Waals surface area contributed by atoms with E-state index in [4.69, 9.17) is 24.9 Å². The van der Waals surface area contributed by atoms with Crippen molar-refractivity contribution < 1.29 is 46.1 Å². The summed E-state index contributed by atoms with van der Waals surface area (Å²) >= 11 is 0. The van der Waals surface area contributed by atoms with Crippen LogP contribution in [0.15, 0.2) is 66.9 Å². The molecule has 0 radical (unpaired) electrons. The lowest BCUT2D eigenvalue weighted by molar-refractivity contribution is -0.193. The van der Waals surface area contributed by atoms with Gasteiger partial charge in [-0.05, 0) is 50.2 Å². The van der Waals surface area contributed by atoms with Gasteiger partial charge in [0, 0.05) is 24.2 Å². The van der Waals surface area contributed by atoms with E-state index in [0.29, 0.717) is 5.92 Å². The SMILES string of the molecule is O=C(O)C(F)(F)F.O=C(O)C(F)(F)F.c1ccc(-c2ccc3nnc(C4CCN(Cc5ccccn5)CC4)n3n2)cc1. The molecule has 1 aromatic carbocycles. The molecule has 0 spiro atoms. The number of halogens is 6. The lowest BCUT2D eigenvalue weighted by atomic mass is 9.96. The fraction of sp³-hybridized carbons (Fsp3) is 0.308. The van der Waals surface area contributed by atoms with E-state index < -0.39 is 24.3 Å². The highest BCUT2D eigenvalue weighted by Gasteiger charge is 2.38. The average molecular weight is 599 g/mol. The Hall–Kier alpha value is -4.60. The van der Waals surface area contributed by atoms with Gasteiger partial charge in [-0.15, -0.1) is 10.2 Å². The Labute approximate surface area is 234 Å². The minimum atomic E-state index is -5.08. The van der Waals surface area contributed by atoms with Gasteiger partial charge < -0.3 is 10.2 Å². The highest BCUT2D eigenvalue weighted by molar-refractivity contribution is 5.73. The van der Waals surface area contributed by atoms with Crippen LogP contribution in [0.25, 0.3) is 16.9 Å². The molecule has 224 valence electrons. The first kappa shape index (κ1) is 31.9. The molecule has 0 atom stereocenters. The maximum Gasteiger partial charge on any atom is 0.490 e. The van der Waals surface area contributed by atoms with Gasteiger partial charge in [-0.1, -0.05) is 36.4 Å². The molecular formula is C26H24F6N6O4. The molecule has 0 saturated carbocycles. The summed E-state index contributed by atoms with van der Waals surface area (Å²) in [6, 6.07) is 20.4. The Balaban J connectivity index is 0.000000289. The number of likely N-dealkylation sites (tertiary alicyclic amines) is 1. The molecule has 3 aromatic heterocycles. The highest BCUT2D eigenvalue weighted by atomic mass is 19.4. The second-order valence-electron chi connectivity index (χ2n) is 8.89. The summed E-state index contributed by atoms with van der Waals surface area (Å²) in [5.41, 5.74) is 3.99. The number of carboxylic acid groups (broad SMARTS) is 2. The molecule has 0 unspecified atom stereocenters. The largest absolute Gasteiger partial charge is 0.490 e. The zero-order valence-corrected chi connectivity index (χ0v) is 21.6. The summed E-state index contributed by atoms with van der Waals surface area (Å²) in [6.07, 6.45) is -6.18. The van der Waals surface area contributed by atoms with E-state index in [1.54, 1.807) is 0 Å². The molecule has 0 aliphatic carbocycles. The molecule has 1 saturated heterocycles. The molecule has 5 rings (SSSR count). The van der Waals surface area contributed by atoms with Gasteiger partial charge in [0.1, 0.15) is 0 Å². The molecule has 16 heteroatoms. The Kier molecular flexibility index (Phi) is 10.5. The number of carboxylic acids is 2. The number of alkyl halides is 6.